The Labute approximate surface area is 99.3 Å². The van der Waals surface area contributed by atoms with Gasteiger partial charge in [-0.1, -0.05) is 20.8 Å². The van der Waals surface area contributed by atoms with Gasteiger partial charge in [0, 0.05) is 30.4 Å². The van der Waals surface area contributed by atoms with Gasteiger partial charge in [-0.2, -0.15) is 0 Å². The van der Waals surface area contributed by atoms with Crippen molar-refractivity contribution in [3.63, 3.8) is 0 Å². The Morgan fingerprint density at radius 3 is 2.56 bits per heavy atom. The van der Waals surface area contributed by atoms with E-state index in [-0.39, 0.29) is 0 Å². The lowest BCUT2D eigenvalue weighted by Gasteiger charge is -2.25. The Kier molecular flexibility index (Phi) is 5.00. The molecule has 0 aliphatic heterocycles. The van der Waals surface area contributed by atoms with Crippen molar-refractivity contribution in [2.75, 3.05) is 6.54 Å². The average molecular weight is 223 g/mol. The maximum atomic E-state index is 4.43. The number of nitrogens with one attached hydrogen (secondary N) is 1. The third kappa shape index (κ3) is 3.08. The van der Waals surface area contributed by atoms with Crippen LogP contribution in [0.25, 0.3) is 0 Å². The highest BCUT2D eigenvalue weighted by Gasteiger charge is 2.17. The maximum absolute atomic E-state index is 4.43. The first-order valence-electron chi connectivity index (χ1n) is 6.34. The SMILES string of the molecule is CCCNC(C)C(C)n1ccnc1C(C)C. The minimum atomic E-state index is 0.450. The van der Waals surface area contributed by atoms with E-state index in [0.717, 1.165) is 6.54 Å². The van der Waals surface area contributed by atoms with Crippen LogP contribution in [0.2, 0.25) is 0 Å². The van der Waals surface area contributed by atoms with Gasteiger partial charge in [0.1, 0.15) is 5.82 Å². The number of nitrogens with zero attached hydrogens (tertiary/aromatic N) is 2. The molecule has 1 N–H and O–H groups in total. The number of hydrogen-bond donors (Lipinski definition) is 1. The minimum Gasteiger partial charge on any atom is -0.330 e. The summed E-state index contributed by atoms with van der Waals surface area (Å²) in [5.74, 6) is 1.66. The zero-order chi connectivity index (χ0) is 12.1. The first kappa shape index (κ1) is 13.2. The molecule has 2 unspecified atom stereocenters. The molecule has 3 nitrogen and oxygen atoms in total. The summed E-state index contributed by atoms with van der Waals surface area (Å²) in [6.07, 6.45) is 5.17. The highest BCUT2D eigenvalue weighted by atomic mass is 15.1. The van der Waals surface area contributed by atoms with Gasteiger partial charge in [-0.15, -0.1) is 0 Å². The van der Waals surface area contributed by atoms with Crippen molar-refractivity contribution < 1.29 is 0 Å². The van der Waals surface area contributed by atoms with Crippen molar-refractivity contribution in [1.29, 1.82) is 0 Å². The lowest BCUT2D eigenvalue weighted by atomic mass is 10.1. The molecule has 1 heterocycles. The number of hydrogen-bond acceptors (Lipinski definition) is 2. The molecule has 0 aliphatic rings. The predicted molar refractivity (Wildman–Crippen MR) is 68.8 cm³/mol. The molecule has 2 atom stereocenters. The summed E-state index contributed by atoms with van der Waals surface area (Å²) in [6, 6.07) is 0.929. The van der Waals surface area contributed by atoms with Crippen molar-refractivity contribution in [3.05, 3.63) is 18.2 Å². The van der Waals surface area contributed by atoms with Crippen LogP contribution in [0, 0.1) is 0 Å². The van der Waals surface area contributed by atoms with Crippen molar-refractivity contribution in [1.82, 2.24) is 14.9 Å². The molecule has 0 spiro atoms. The van der Waals surface area contributed by atoms with Crippen LogP contribution in [0.15, 0.2) is 12.4 Å². The van der Waals surface area contributed by atoms with E-state index in [1.165, 1.54) is 12.2 Å². The summed E-state index contributed by atoms with van der Waals surface area (Å²) in [7, 11) is 0. The van der Waals surface area contributed by atoms with E-state index in [1.807, 2.05) is 6.20 Å². The number of imidazole rings is 1. The number of aromatic nitrogens is 2. The van der Waals surface area contributed by atoms with Gasteiger partial charge in [-0.25, -0.2) is 4.98 Å². The quantitative estimate of drug-likeness (QED) is 0.803. The van der Waals surface area contributed by atoms with Gasteiger partial charge in [0.05, 0.1) is 0 Å². The second-order valence-electron chi connectivity index (χ2n) is 4.83. The summed E-state index contributed by atoms with van der Waals surface area (Å²) < 4.78 is 2.29. The van der Waals surface area contributed by atoms with Crippen LogP contribution in [0.4, 0.5) is 0 Å². The molecule has 0 bridgehead atoms. The molecule has 16 heavy (non-hydrogen) atoms. The van der Waals surface area contributed by atoms with E-state index in [0.29, 0.717) is 18.0 Å². The third-order valence-corrected chi connectivity index (χ3v) is 3.09. The van der Waals surface area contributed by atoms with E-state index >= 15 is 0 Å². The largest absolute Gasteiger partial charge is 0.330 e. The van der Waals surface area contributed by atoms with Crippen molar-refractivity contribution in [3.8, 4) is 0 Å². The molecule has 3 heteroatoms. The van der Waals surface area contributed by atoms with Gasteiger partial charge in [-0.05, 0) is 26.8 Å². The molecule has 0 saturated heterocycles. The lowest BCUT2D eigenvalue weighted by molar-refractivity contribution is 0.380. The molecular weight excluding hydrogens is 198 g/mol. The molecule has 0 amide bonds. The summed E-state index contributed by atoms with van der Waals surface area (Å²) in [5.41, 5.74) is 0. The van der Waals surface area contributed by atoms with Crippen LogP contribution in [-0.4, -0.2) is 22.1 Å². The summed E-state index contributed by atoms with van der Waals surface area (Å²) in [6.45, 7) is 12.1. The first-order chi connectivity index (χ1) is 7.57. The number of rotatable bonds is 6. The highest BCUT2D eigenvalue weighted by molar-refractivity contribution is 5.00. The van der Waals surface area contributed by atoms with Gasteiger partial charge < -0.3 is 9.88 Å². The fraction of sp³-hybridized carbons (Fsp3) is 0.769. The molecule has 1 rings (SSSR count). The van der Waals surface area contributed by atoms with E-state index in [1.54, 1.807) is 0 Å². The van der Waals surface area contributed by atoms with Crippen molar-refractivity contribution in [2.45, 2.75) is 59.0 Å². The Hall–Kier alpha value is -0.830. The Bertz CT molecular complexity index is 304. The monoisotopic (exact) mass is 223 g/mol. The molecule has 92 valence electrons. The third-order valence-electron chi connectivity index (χ3n) is 3.09. The summed E-state index contributed by atoms with van der Waals surface area (Å²) in [5, 5.41) is 3.54. The Morgan fingerprint density at radius 1 is 1.31 bits per heavy atom. The standard InChI is InChI=1S/C13H25N3/c1-6-7-14-11(4)12(5)16-9-8-15-13(16)10(2)3/h8-12,14H,6-7H2,1-5H3. The van der Waals surface area contributed by atoms with Crippen LogP contribution in [0.3, 0.4) is 0 Å². The first-order valence-corrected chi connectivity index (χ1v) is 6.34. The molecule has 0 fully saturated rings. The molecule has 0 aromatic carbocycles. The molecule has 1 aromatic rings. The van der Waals surface area contributed by atoms with E-state index in [4.69, 9.17) is 0 Å². The van der Waals surface area contributed by atoms with Crippen LogP contribution in [0.5, 0.6) is 0 Å². The minimum absolute atomic E-state index is 0.450. The van der Waals surface area contributed by atoms with E-state index in [2.05, 4.69) is 55.7 Å². The molecule has 0 saturated carbocycles. The van der Waals surface area contributed by atoms with Crippen molar-refractivity contribution in [2.24, 2.45) is 0 Å². The normalized spacial score (nSPS) is 15.4. The zero-order valence-corrected chi connectivity index (χ0v) is 11.2. The van der Waals surface area contributed by atoms with Crippen LogP contribution in [-0.2, 0) is 0 Å². The predicted octanol–water partition coefficient (Wildman–Crippen LogP) is 2.96. The molecule has 1 aromatic heterocycles. The zero-order valence-electron chi connectivity index (χ0n) is 11.2. The van der Waals surface area contributed by atoms with Crippen LogP contribution in [0.1, 0.15) is 58.8 Å². The summed E-state index contributed by atoms with van der Waals surface area (Å²) >= 11 is 0. The van der Waals surface area contributed by atoms with Crippen LogP contribution < -0.4 is 5.32 Å². The molecular formula is C13H25N3. The van der Waals surface area contributed by atoms with E-state index < -0.39 is 0 Å². The summed E-state index contributed by atoms with van der Waals surface area (Å²) in [4.78, 5) is 4.43. The topological polar surface area (TPSA) is 29.9 Å². The van der Waals surface area contributed by atoms with Gasteiger partial charge >= 0.3 is 0 Å². The van der Waals surface area contributed by atoms with Crippen molar-refractivity contribution >= 4 is 0 Å². The fourth-order valence-corrected chi connectivity index (χ4v) is 1.90. The van der Waals surface area contributed by atoms with Crippen LogP contribution >= 0.6 is 0 Å². The maximum Gasteiger partial charge on any atom is 0.111 e. The fourth-order valence-electron chi connectivity index (χ4n) is 1.90. The van der Waals surface area contributed by atoms with Gasteiger partial charge in [0.25, 0.3) is 0 Å². The van der Waals surface area contributed by atoms with Gasteiger partial charge in [0.15, 0.2) is 0 Å². The average Bonchev–Trinajstić information content (AvgIpc) is 2.73. The Morgan fingerprint density at radius 2 is 2.00 bits per heavy atom. The second-order valence-corrected chi connectivity index (χ2v) is 4.83. The molecule has 0 radical (unpaired) electrons. The second kappa shape index (κ2) is 6.04. The lowest BCUT2D eigenvalue weighted by Crippen LogP contribution is -2.34. The highest BCUT2D eigenvalue weighted by Crippen LogP contribution is 2.19. The molecule has 0 aliphatic carbocycles. The Balaban J connectivity index is 2.71. The van der Waals surface area contributed by atoms with E-state index in [9.17, 15) is 0 Å². The van der Waals surface area contributed by atoms with Gasteiger partial charge in [-0.3, -0.25) is 0 Å². The smallest absolute Gasteiger partial charge is 0.111 e. The van der Waals surface area contributed by atoms with Gasteiger partial charge in [0.2, 0.25) is 0 Å².